The fourth-order valence-electron chi connectivity index (χ4n) is 1.74. The van der Waals surface area contributed by atoms with Crippen LogP contribution >= 0.6 is 0 Å². The molecule has 1 aromatic carbocycles. The maximum atomic E-state index is 9.35. The van der Waals surface area contributed by atoms with Gasteiger partial charge in [0.2, 0.25) is 5.82 Å². The molecule has 0 aliphatic rings. The second kappa shape index (κ2) is 4.19. The zero-order chi connectivity index (χ0) is 12.5. The van der Waals surface area contributed by atoms with Crippen molar-refractivity contribution in [2.45, 2.75) is 13.0 Å². The van der Waals surface area contributed by atoms with Crippen LogP contribution in [0.3, 0.4) is 0 Å². The summed E-state index contributed by atoms with van der Waals surface area (Å²) in [7, 11) is 0. The molecule has 1 N–H and O–H groups in total. The maximum absolute atomic E-state index is 9.35. The van der Waals surface area contributed by atoms with Crippen molar-refractivity contribution in [3.63, 3.8) is 0 Å². The molecule has 18 heavy (non-hydrogen) atoms. The monoisotopic (exact) mass is 241 g/mol. The Morgan fingerprint density at radius 3 is 2.94 bits per heavy atom. The van der Waals surface area contributed by atoms with Crippen LogP contribution in [-0.4, -0.2) is 20.2 Å². The van der Waals surface area contributed by atoms with Crippen LogP contribution in [0.4, 0.5) is 0 Å². The number of aliphatic hydroxyl groups excluding tert-OH is 1. The number of benzene rings is 1. The third-order valence-corrected chi connectivity index (χ3v) is 2.66. The van der Waals surface area contributed by atoms with Crippen molar-refractivity contribution in [2.24, 2.45) is 0 Å². The van der Waals surface area contributed by atoms with Gasteiger partial charge in [-0.15, -0.1) is 0 Å². The first-order valence-electron chi connectivity index (χ1n) is 5.61. The van der Waals surface area contributed by atoms with Gasteiger partial charge in [0.15, 0.2) is 0 Å². The summed E-state index contributed by atoms with van der Waals surface area (Å²) in [6.07, 6.45) is 0.996. The van der Waals surface area contributed by atoms with Gasteiger partial charge in [-0.2, -0.15) is 4.98 Å². The van der Waals surface area contributed by atoms with Crippen LogP contribution in [0, 0.1) is 0 Å². The van der Waals surface area contributed by atoms with E-state index in [1.807, 2.05) is 30.3 Å². The standard InChI is InChI=1S/C13H11N3O2/c1-8(17)13-15-12(16-18-13)10-4-5-11-9(7-10)3-2-6-14-11/h2-8,17H,1H3/t8-/m0/s1. The Labute approximate surface area is 103 Å². The lowest BCUT2D eigenvalue weighted by molar-refractivity contribution is 0.152. The molecule has 5 nitrogen and oxygen atoms in total. The quantitative estimate of drug-likeness (QED) is 0.745. The van der Waals surface area contributed by atoms with Crippen LogP contribution in [0.25, 0.3) is 22.3 Å². The van der Waals surface area contributed by atoms with E-state index >= 15 is 0 Å². The molecule has 2 heterocycles. The molecule has 0 aliphatic heterocycles. The number of aliphatic hydroxyl groups is 1. The van der Waals surface area contributed by atoms with E-state index in [-0.39, 0.29) is 5.89 Å². The summed E-state index contributed by atoms with van der Waals surface area (Å²) in [5.74, 6) is 0.688. The van der Waals surface area contributed by atoms with Crippen LogP contribution in [0.2, 0.25) is 0 Å². The second-order valence-electron chi connectivity index (χ2n) is 4.04. The van der Waals surface area contributed by atoms with Gasteiger partial charge in [0.05, 0.1) is 5.52 Å². The molecule has 2 aromatic heterocycles. The average molecular weight is 241 g/mol. The van der Waals surface area contributed by atoms with Crippen molar-refractivity contribution in [3.8, 4) is 11.4 Å². The predicted octanol–water partition coefficient (Wildman–Crippen LogP) is 2.34. The van der Waals surface area contributed by atoms with E-state index in [9.17, 15) is 5.11 Å². The Morgan fingerprint density at radius 1 is 1.28 bits per heavy atom. The summed E-state index contributed by atoms with van der Waals surface area (Å²) in [5.41, 5.74) is 1.76. The first-order valence-corrected chi connectivity index (χ1v) is 5.61. The summed E-state index contributed by atoms with van der Waals surface area (Å²) >= 11 is 0. The zero-order valence-corrected chi connectivity index (χ0v) is 9.74. The minimum atomic E-state index is -0.756. The van der Waals surface area contributed by atoms with Crippen molar-refractivity contribution >= 4 is 10.9 Å². The van der Waals surface area contributed by atoms with Crippen LogP contribution < -0.4 is 0 Å². The Hall–Kier alpha value is -2.27. The predicted molar refractivity (Wildman–Crippen MR) is 65.7 cm³/mol. The molecule has 90 valence electrons. The van der Waals surface area contributed by atoms with Gasteiger partial charge < -0.3 is 9.63 Å². The van der Waals surface area contributed by atoms with Crippen LogP contribution in [0.15, 0.2) is 41.1 Å². The minimum Gasteiger partial charge on any atom is -0.384 e. The van der Waals surface area contributed by atoms with E-state index < -0.39 is 6.10 Å². The molecular formula is C13H11N3O2. The van der Waals surface area contributed by atoms with E-state index in [1.165, 1.54) is 0 Å². The van der Waals surface area contributed by atoms with Gasteiger partial charge in [-0.1, -0.05) is 11.2 Å². The Balaban J connectivity index is 2.07. The summed E-state index contributed by atoms with van der Waals surface area (Å²) in [5, 5.41) is 14.2. The number of fused-ring (bicyclic) bond motifs is 1. The molecular weight excluding hydrogens is 230 g/mol. The number of rotatable bonds is 2. The van der Waals surface area contributed by atoms with Crippen molar-refractivity contribution < 1.29 is 9.63 Å². The van der Waals surface area contributed by atoms with Crippen molar-refractivity contribution in [2.75, 3.05) is 0 Å². The first-order chi connectivity index (χ1) is 8.74. The topological polar surface area (TPSA) is 72.0 Å². The number of hydrogen-bond acceptors (Lipinski definition) is 5. The van der Waals surface area contributed by atoms with Gasteiger partial charge >= 0.3 is 0 Å². The molecule has 1 atom stereocenters. The molecule has 0 saturated carbocycles. The molecule has 0 bridgehead atoms. The number of nitrogens with zero attached hydrogens (tertiary/aromatic N) is 3. The summed E-state index contributed by atoms with van der Waals surface area (Å²) in [6.45, 7) is 1.58. The fourth-order valence-corrected chi connectivity index (χ4v) is 1.74. The highest BCUT2D eigenvalue weighted by molar-refractivity contribution is 5.82. The zero-order valence-electron chi connectivity index (χ0n) is 9.74. The highest BCUT2D eigenvalue weighted by Crippen LogP contribution is 2.22. The SMILES string of the molecule is C[C@H](O)c1nc(-c2ccc3ncccc3c2)no1. The molecule has 0 amide bonds. The molecule has 0 aliphatic carbocycles. The van der Waals surface area contributed by atoms with Crippen molar-refractivity contribution in [1.82, 2.24) is 15.1 Å². The van der Waals surface area contributed by atoms with Crippen LogP contribution in [-0.2, 0) is 0 Å². The number of aromatic nitrogens is 3. The Kier molecular flexibility index (Phi) is 2.53. The first kappa shape index (κ1) is 10.9. The van der Waals surface area contributed by atoms with Crippen LogP contribution in [0.1, 0.15) is 18.9 Å². The van der Waals surface area contributed by atoms with Crippen molar-refractivity contribution in [3.05, 3.63) is 42.4 Å². The van der Waals surface area contributed by atoms with Gasteiger partial charge in [-0.25, -0.2) is 0 Å². The average Bonchev–Trinajstić information content (AvgIpc) is 2.88. The molecule has 5 heteroatoms. The second-order valence-corrected chi connectivity index (χ2v) is 4.04. The van der Waals surface area contributed by atoms with Gasteiger partial charge in [-0.05, 0) is 31.2 Å². The molecule has 0 radical (unpaired) electrons. The van der Waals surface area contributed by atoms with Gasteiger partial charge in [-0.3, -0.25) is 4.98 Å². The molecule has 0 saturated heterocycles. The lowest BCUT2D eigenvalue weighted by atomic mass is 10.1. The number of pyridine rings is 1. The fraction of sp³-hybridized carbons (Fsp3) is 0.154. The lowest BCUT2D eigenvalue weighted by Crippen LogP contribution is -1.90. The summed E-state index contributed by atoms with van der Waals surface area (Å²) < 4.78 is 4.97. The van der Waals surface area contributed by atoms with Crippen molar-refractivity contribution in [1.29, 1.82) is 0 Å². The Bertz CT molecular complexity index is 691. The molecule has 0 unspecified atom stereocenters. The third kappa shape index (κ3) is 1.84. The van der Waals surface area contributed by atoms with E-state index in [2.05, 4.69) is 15.1 Å². The third-order valence-electron chi connectivity index (χ3n) is 2.66. The van der Waals surface area contributed by atoms with Gasteiger partial charge in [0, 0.05) is 17.1 Å². The lowest BCUT2D eigenvalue weighted by Gasteiger charge is -1.98. The summed E-state index contributed by atoms with van der Waals surface area (Å²) in [6, 6.07) is 9.58. The normalized spacial score (nSPS) is 12.8. The molecule has 0 fully saturated rings. The molecule has 0 spiro atoms. The van der Waals surface area contributed by atoms with Gasteiger partial charge in [0.25, 0.3) is 5.89 Å². The summed E-state index contributed by atoms with van der Waals surface area (Å²) in [4.78, 5) is 8.38. The minimum absolute atomic E-state index is 0.219. The van der Waals surface area contributed by atoms with E-state index in [0.29, 0.717) is 5.82 Å². The smallest absolute Gasteiger partial charge is 0.255 e. The molecule has 3 aromatic rings. The highest BCUT2D eigenvalue weighted by atomic mass is 16.5. The maximum Gasteiger partial charge on any atom is 0.255 e. The molecule has 3 rings (SSSR count). The van der Waals surface area contributed by atoms with Gasteiger partial charge in [0.1, 0.15) is 6.10 Å². The van der Waals surface area contributed by atoms with E-state index in [4.69, 9.17) is 4.52 Å². The largest absolute Gasteiger partial charge is 0.384 e. The highest BCUT2D eigenvalue weighted by Gasteiger charge is 2.12. The number of hydrogen-bond donors (Lipinski definition) is 1. The van der Waals surface area contributed by atoms with E-state index in [1.54, 1.807) is 13.1 Å². The van der Waals surface area contributed by atoms with Crippen LogP contribution in [0.5, 0.6) is 0 Å². The van der Waals surface area contributed by atoms with E-state index in [0.717, 1.165) is 16.5 Å². The Morgan fingerprint density at radius 2 is 2.17 bits per heavy atom.